The van der Waals surface area contributed by atoms with Gasteiger partial charge in [-0.3, -0.25) is 0 Å². The zero-order valence-electron chi connectivity index (χ0n) is 9.56. The number of hydrogen-bond acceptors (Lipinski definition) is 4. The van der Waals surface area contributed by atoms with E-state index in [2.05, 4.69) is 10.2 Å². The molecule has 86 valence electrons. The number of benzene rings is 1. The van der Waals surface area contributed by atoms with Crippen LogP contribution in [0.2, 0.25) is 0 Å². The van der Waals surface area contributed by atoms with Gasteiger partial charge in [0.25, 0.3) is 0 Å². The minimum Gasteiger partial charge on any atom is -0.465 e. The van der Waals surface area contributed by atoms with Crippen molar-refractivity contribution < 1.29 is 9.53 Å². The van der Waals surface area contributed by atoms with Crippen molar-refractivity contribution in [2.45, 2.75) is 6.04 Å². The van der Waals surface area contributed by atoms with Crippen molar-refractivity contribution in [3.05, 3.63) is 29.8 Å². The zero-order chi connectivity index (χ0) is 11.5. The van der Waals surface area contributed by atoms with Crippen LogP contribution < -0.4 is 10.2 Å². The number of esters is 1. The first-order valence-corrected chi connectivity index (χ1v) is 5.36. The molecule has 2 rings (SSSR count). The molecule has 1 saturated heterocycles. The molecule has 1 heterocycles. The summed E-state index contributed by atoms with van der Waals surface area (Å²) < 4.78 is 4.77. The third-order valence-corrected chi connectivity index (χ3v) is 2.77. The fraction of sp³-hybridized carbons (Fsp3) is 0.417. The molecule has 0 aromatic heterocycles. The van der Waals surface area contributed by atoms with Crippen LogP contribution in [0.3, 0.4) is 0 Å². The van der Waals surface area contributed by atoms with Crippen molar-refractivity contribution in [1.29, 1.82) is 0 Å². The topological polar surface area (TPSA) is 41.3 Å². The van der Waals surface area contributed by atoms with Crippen molar-refractivity contribution in [2.75, 3.05) is 32.1 Å². The van der Waals surface area contributed by atoms with Crippen molar-refractivity contribution >= 4 is 11.7 Å². The van der Waals surface area contributed by atoms with Gasteiger partial charge in [0, 0.05) is 13.1 Å². The summed E-state index contributed by atoms with van der Waals surface area (Å²) in [6.07, 6.45) is 0. The van der Waals surface area contributed by atoms with E-state index in [4.69, 9.17) is 4.74 Å². The van der Waals surface area contributed by atoms with Crippen LogP contribution in [0.25, 0.3) is 0 Å². The number of nitrogens with zero attached hydrogens (tertiary/aromatic N) is 1. The Labute approximate surface area is 95.2 Å². The number of likely N-dealkylation sites (N-methyl/N-ethyl adjacent to an activating group) is 1. The molecular formula is C12H16N2O2. The molecule has 0 aliphatic carbocycles. The molecule has 4 nitrogen and oxygen atoms in total. The molecule has 0 radical (unpaired) electrons. The zero-order valence-corrected chi connectivity index (χ0v) is 9.56. The fourth-order valence-electron chi connectivity index (χ4n) is 1.89. The highest BCUT2D eigenvalue weighted by Gasteiger charge is 2.35. The molecule has 1 aliphatic heterocycles. The lowest BCUT2D eigenvalue weighted by atomic mass is 10.2. The van der Waals surface area contributed by atoms with E-state index in [9.17, 15) is 4.79 Å². The van der Waals surface area contributed by atoms with Gasteiger partial charge in [-0.05, 0) is 19.2 Å². The monoisotopic (exact) mass is 220 g/mol. The van der Waals surface area contributed by atoms with E-state index in [0.717, 1.165) is 18.8 Å². The number of carbonyl (C=O) groups is 1. The van der Waals surface area contributed by atoms with Gasteiger partial charge in [0.15, 0.2) is 0 Å². The Morgan fingerprint density at radius 2 is 2.31 bits per heavy atom. The van der Waals surface area contributed by atoms with Crippen LogP contribution >= 0.6 is 0 Å². The lowest BCUT2D eigenvalue weighted by Crippen LogP contribution is -2.18. The van der Waals surface area contributed by atoms with Gasteiger partial charge in [0.05, 0.1) is 24.4 Å². The van der Waals surface area contributed by atoms with Gasteiger partial charge >= 0.3 is 5.97 Å². The molecule has 1 aliphatic rings. The standard InChI is InChI=1S/C12H16N2O2/c1-13-7-9-8-14(9)11-6-4-3-5-10(11)12(15)16-2/h3-6,9,13H,7-8H2,1-2H3. The number of carbonyl (C=O) groups excluding carboxylic acids is 1. The van der Waals surface area contributed by atoms with E-state index >= 15 is 0 Å². The molecular weight excluding hydrogens is 204 g/mol. The van der Waals surface area contributed by atoms with Crippen LogP contribution in [-0.2, 0) is 4.74 Å². The quantitative estimate of drug-likeness (QED) is 0.604. The van der Waals surface area contributed by atoms with Crippen LogP contribution in [0, 0.1) is 0 Å². The second-order valence-corrected chi connectivity index (χ2v) is 3.87. The minimum atomic E-state index is -0.272. The SMILES string of the molecule is CNCC1CN1c1ccccc1C(=O)OC. The molecule has 1 aromatic rings. The largest absolute Gasteiger partial charge is 0.465 e. The maximum atomic E-state index is 11.6. The van der Waals surface area contributed by atoms with Crippen LogP contribution in [0.5, 0.6) is 0 Å². The fourth-order valence-corrected chi connectivity index (χ4v) is 1.89. The summed E-state index contributed by atoms with van der Waals surface area (Å²) in [6.45, 7) is 1.93. The summed E-state index contributed by atoms with van der Waals surface area (Å²) in [7, 11) is 3.34. The number of nitrogens with one attached hydrogen (secondary N) is 1. The predicted molar refractivity (Wildman–Crippen MR) is 62.8 cm³/mol. The first kappa shape index (κ1) is 11.0. The normalized spacial score (nSPS) is 18.4. The molecule has 0 spiro atoms. The lowest BCUT2D eigenvalue weighted by molar-refractivity contribution is 0.0601. The molecule has 1 N–H and O–H groups in total. The molecule has 4 heteroatoms. The average Bonchev–Trinajstić information content (AvgIpc) is 3.08. The predicted octanol–water partition coefficient (Wildman–Crippen LogP) is 0.881. The second-order valence-electron chi connectivity index (χ2n) is 3.87. The van der Waals surface area contributed by atoms with Gasteiger partial charge in [-0.25, -0.2) is 4.79 Å². The number of methoxy groups -OCH3 is 1. The van der Waals surface area contributed by atoms with E-state index in [1.54, 1.807) is 6.07 Å². The third kappa shape index (κ3) is 2.02. The van der Waals surface area contributed by atoms with Gasteiger partial charge in [-0.1, -0.05) is 12.1 Å². The average molecular weight is 220 g/mol. The number of rotatable bonds is 4. The Kier molecular flexibility index (Phi) is 3.10. The summed E-state index contributed by atoms with van der Waals surface area (Å²) in [4.78, 5) is 13.8. The highest BCUT2D eigenvalue weighted by molar-refractivity contribution is 5.96. The van der Waals surface area contributed by atoms with Crippen molar-refractivity contribution in [2.24, 2.45) is 0 Å². The summed E-state index contributed by atoms with van der Waals surface area (Å²) in [5.74, 6) is -0.272. The van der Waals surface area contributed by atoms with Gasteiger partial charge in [0.1, 0.15) is 0 Å². The molecule has 0 amide bonds. The van der Waals surface area contributed by atoms with Crippen LogP contribution in [0.15, 0.2) is 24.3 Å². The smallest absolute Gasteiger partial charge is 0.339 e. The van der Waals surface area contributed by atoms with Gasteiger partial charge in [0.2, 0.25) is 0 Å². The molecule has 1 aromatic carbocycles. The van der Waals surface area contributed by atoms with E-state index in [1.807, 2.05) is 25.2 Å². The number of ether oxygens (including phenoxy) is 1. The number of hydrogen-bond donors (Lipinski definition) is 1. The van der Waals surface area contributed by atoms with Crippen LogP contribution in [-0.4, -0.2) is 39.3 Å². The molecule has 1 fully saturated rings. The first-order chi connectivity index (χ1) is 7.77. The second kappa shape index (κ2) is 4.53. The molecule has 1 atom stereocenters. The lowest BCUT2D eigenvalue weighted by Gasteiger charge is -2.10. The Hall–Kier alpha value is -1.55. The third-order valence-electron chi connectivity index (χ3n) is 2.77. The minimum absolute atomic E-state index is 0.272. The Morgan fingerprint density at radius 1 is 1.56 bits per heavy atom. The molecule has 0 bridgehead atoms. The highest BCUT2D eigenvalue weighted by Crippen LogP contribution is 2.30. The van der Waals surface area contributed by atoms with E-state index in [1.165, 1.54) is 7.11 Å². The van der Waals surface area contributed by atoms with Gasteiger partial charge < -0.3 is 15.0 Å². The van der Waals surface area contributed by atoms with E-state index in [-0.39, 0.29) is 5.97 Å². The maximum Gasteiger partial charge on any atom is 0.339 e. The maximum absolute atomic E-state index is 11.6. The highest BCUT2D eigenvalue weighted by atomic mass is 16.5. The summed E-state index contributed by atoms with van der Waals surface area (Å²) >= 11 is 0. The van der Waals surface area contributed by atoms with E-state index < -0.39 is 0 Å². The Balaban J connectivity index is 2.18. The van der Waals surface area contributed by atoms with Gasteiger partial charge in [-0.15, -0.1) is 0 Å². The van der Waals surface area contributed by atoms with Gasteiger partial charge in [-0.2, -0.15) is 0 Å². The molecule has 0 saturated carbocycles. The van der Waals surface area contributed by atoms with Crippen LogP contribution in [0.4, 0.5) is 5.69 Å². The van der Waals surface area contributed by atoms with E-state index in [0.29, 0.717) is 11.6 Å². The number of para-hydroxylation sites is 1. The van der Waals surface area contributed by atoms with Crippen molar-refractivity contribution in [3.63, 3.8) is 0 Å². The van der Waals surface area contributed by atoms with Crippen LogP contribution in [0.1, 0.15) is 10.4 Å². The Morgan fingerprint density at radius 3 is 3.00 bits per heavy atom. The molecule has 16 heavy (non-hydrogen) atoms. The Bertz CT molecular complexity index is 392. The summed E-state index contributed by atoms with van der Waals surface area (Å²) in [5, 5.41) is 3.13. The summed E-state index contributed by atoms with van der Waals surface area (Å²) in [5.41, 5.74) is 1.61. The van der Waals surface area contributed by atoms with Crippen molar-refractivity contribution in [1.82, 2.24) is 5.32 Å². The number of anilines is 1. The molecule has 1 unspecified atom stereocenters. The van der Waals surface area contributed by atoms with Crippen molar-refractivity contribution in [3.8, 4) is 0 Å². The summed E-state index contributed by atoms with van der Waals surface area (Å²) in [6, 6.07) is 8.05. The first-order valence-electron chi connectivity index (χ1n) is 5.36.